The highest BCUT2D eigenvalue weighted by Gasteiger charge is 2.07. The second-order valence-corrected chi connectivity index (χ2v) is 4.15. The minimum atomic E-state index is -0.788. The number of anilines is 2. The van der Waals surface area contributed by atoms with Gasteiger partial charge in [0.1, 0.15) is 11.6 Å². The van der Waals surface area contributed by atoms with Gasteiger partial charge in [-0.15, -0.1) is 0 Å². The molecule has 0 atom stereocenters. The van der Waals surface area contributed by atoms with E-state index >= 15 is 0 Å². The van der Waals surface area contributed by atoms with Crippen molar-refractivity contribution in [2.45, 2.75) is 6.42 Å². The van der Waals surface area contributed by atoms with Gasteiger partial charge in [-0.1, -0.05) is 12.1 Å². The van der Waals surface area contributed by atoms with Gasteiger partial charge in [0, 0.05) is 12.6 Å². The van der Waals surface area contributed by atoms with E-state index in [2.05, 4.69) is 5.32 Å². The minimum absolute atomic E-state index is 0.111. The first-order valence-corrected chi connectivity index (χ1v) is 5.79. The first-order chi connectivity index (χ1) is 9.06. The van der Waals surface area contributed by atoms with Crippen LogP contribution in [0.25, 0.3) is 0 Å². The number of hydrogen-bond donors (Lipinski definition) is 2. The number of nitrogens with two attached hydrogens (primary N) is 1. The third kappa shape index (κ3) is 3.40. The third-order valence-corrected chi connectivity index (χ3v) is 2.74. The van der Waals surface area contributed by atoms with Crippen LogP contribution in [0, 0.1) is 17.5 Å². The highest BCUT2D eigenvalue weighted by molar-refractivity contribution is 5.66. The molecule has 0 heterocycles. The van der Waals surface area contributed by atoms with Crippen LogP contribution >= 0.6 is 0 Å². The molecule has 2 aromatic carbocycles. The Kier molecular flexibility index (Phi) is 3.94. The largest absolute Gasteiger partial charge is 0.395 e. The van der Waals surface area contributed by atoms with Crippen LogP contribution in [0.5, 0.6) is 0 Å². The van der Waals surface area contributed by atoms with E-state index in [0.717, 1.165) is 17.7 Å². The SMILES string of the molecule is Nc1c(F)cc(F)cc1NCCc1ccc(F)cc1. The number of benzene rings is 2. The van der Waals surface area contributed by atoms with Gasteiger partial charge in [-0.05, 0) is 30.2 Å². The quantitative estimate of drug-likeness (QED) is 0.833. The van der Waals surface area contributed by atoms with E-state index in [1.165, 1.54) is 12.1 Å². The molecule has 19 heavy (non-hydrogen) atoms. The number of halogens is 3. The lowest BCUT2D eigenvalue weighted by molar-refractivity contribution is 0.587. The van der Waals surface area contributed by atoms with Gasteiger partial charge in [0.2, 0.25) is 0 Å². The van der Waals surface area contributed by atoms with Crippen LogP contribution in [0.3, 0.4) is 0 Å². The number of nitrogens with one attached hydrogen (secondary N) is 1. The van der Waals surface area contributed by atoms with Gasteiger partial charge in [-0.2, -0.15) is 0 Å². The van der Waals surface area contributed by atoms with Crippen molar-refractivity contribution < 1.29 is 13.2 Å². The summed E-state index contributed by atoms with van der Waals surface area (Å²) in [5.74, 6) is -1.77. The van der Waals surface area contributed by atoms with Gasteiger partial charge in [0.15, 0.2) is 5.82 Å². The van der Waals surface area contributed by atoms with Crippen molar-refractivity contribution in [1.29, 1.82) is 0 Å². The van der Waals surface area contributed by atoms with Crippen LogP contribution in [0.2, 0.25) is 0 Å². The molecule has 0 aliphatic rings. The van der Waals surface area contributed by atoms with E-state index < -0.39 is 11.6 Å². The maximum absolute atomic E-state index is 13.2. The van der Waals surface area contributed by atoms with Crippen molar-refractivity contribution in [2.75, 3.05) is 17.6 Å². The van der Waals surface area contributed by atoms with E-state index in [1.807, 2.05) is 0 Å². The Morgan fingerprint density at radius 2 is 1.63 bits per heavy atom. The Balaban J connectivity index is 1.98. The summed E-state index contributed by atoms with van der Waals surface area (Å²) in [5, 5.41) is 2.86. The van der Waals surface area contributed by atoms with E-state index in [1.54, 1.807) is 12.1 Å². The summed E-state index contributed by atoms with van der Waals surface area (Å²) in [6, 6.07) is 7.93. The number of rotatable bonds is 4. The molecule has 2 nitrogen and oxygen atoms in total. The summed E-state index contributed by atoms with van der Waals surface area (Å²) >= 11 is 0. The lowest BCUT2D eigenvalue weighted by atomic mass is 10.1. The molecule has 5 heteroatoms. The maximum atomic E-state index is 13.2. The molecule has 0 spiro atoms. The first kappa shape index (κ1) is 13.3. The molecule has 0 saturated carbocycles. The van der Waals surface area contributed by atoms with Gasteiger partial charge < -0.3 is 11.1 Å². The zero-order chi connectivity index (χ0) is 13.8. The molecule has 2 aromatic rings. The molecule has 3 N–H and O–H groups in total. The molecule has 0 aliphatic heterocycles. The van der Waals surface area contributed by atoms with Crippen molar-refractivity contribution in [1.82, 2.24) is 0 Å². The Bertz CT molecular complexity index is 568. The van der Waals surface area contributed by atoms with Crippen LogP contribution < -0.4 is 11.1 Å². The molecule has 0 unspecified atom stereocenters. The van der Waals surface area contributed by atoms with Gasteiger partial charge in [0.05, 0.1) is 11.4 Å². The highest BCUT2D eigenvalue weighted by Crippen LogP contribution is 2.23. The second kappa shape index (κ2) is 5.65. The monoisotopic (exact) mass is 266 g/mol. The van der Waals surface area contributed by atoms with Crippen molar-refractivity contribution in [3.05, 3.63) is 59.4 Å². The lowest BCUT2D eigenvalue weighted by Crippen LogP contribution is -2.08. The Labute approximate surface area is 109 Å². The van der Waals surface area contributed by atoms with Crippen molar-refractivity contribution in [2.24, 2.45) is 0 Å². The van der Waals surface area contributed by atoms with Crippen LogP contribution in [0.15, 0.2) is 36.4 Å². The first-order valence-electron chi connectivity index (χ1n) is 5.79. The highest BCUT2D eigenvalue weighted by atomic mass is 19.1. The van der Waals surface area contributed by atoms with Crippen LogP contribution in [0.1, 0.15) is 5.56 Å². The van der Waals surface area contributed by atoms with E-state index in [-0.39, 0.29) is 17.2 Å². The standard InChI is InChI=1S/C14H13F3N2/c15-10-3-1-9(2-4-10)5-6-19-13-8-11(16)7-12(17)14(13)18/h1-4,7-8,19H,5-6,18H2. The molecule has 0 aliphatic carbocycles. The predicted octanol–water partition coefficient (Wildman–Crippen LogP) is 3.34. The predicted molar refractivity (Wildman–Crippen MR) is 69.4 cm³/mol. The molecule has 0 amide bonds. The summed E-state index contributed by atoms with van der Waals surface area (Å²) in [4.78, 5) is 0. The molecular formula is C14H13F3N2. The third-order valence-electron chi connectivity index (χ3n) is 2.74. The molecule has 100 valence electrons. The number of nitrogen functional groups attached to an aromatic ring is 1. The fourth-order valence-electron chi connectivity index (χ4n) is 1.72. The Morgan fingerprint density at radius 3 is 2.32 bits per heavy atom. The van der Waals surface area contributed by atoms with E-state index in [9.17, 15) is 13.2 Å². The van der Waals surface area contributed by atoms with Gasteiger partial charge in [-0.3, -0.25) is 0 Å². The van der Waals surface area contributed by atoms with Gasteiger partial charge >= 0.3 is 0 Å². The van der Waals surface area contributed by atoms with Crippen LogP contribution in [-0.2, 0) is 6.42 Å². The van der Waals surface area contributed by atoms with Crippen molar-refractivity contribution >= 4 is 11.4 Å². The van der Waals surface area contributed by atoms with E-state index in [0.29, 0.717) is 13.0 Å². The summed E-state index contributed by atoms with van der Waals surface area (Å²) in [6.45, 7) is 0.443. The average Bonchev–Trinajstić information content (AvgIpc) is 2.37. The smallest absolute Gasteiger partial charge is 0.151 e. The van der Waals surface area contributed by atoms with Crippen molar-refractivity contribution in [3.8, 4) is 0 Å². The van der Waals surface area contributed by atoms with Gasteiger partial charge in [-0.25, -0.2) is 13.2 Å². The zero-order valence-corrected chi connectivity index (χ0v) is 10.1. The fourth-order valence-corrected chi connectivity index (χ4v) is 1.72. The van der Waals surface area contributed by atoms with E-state index in [4.69, 9.17) is 5.73 Å². The second-order valence-electron chi connectivity index (χ2n) is 4.15. The minimum Gasteiger partial charge on any atom is -0.395 e. The molecule has 0 saturated heterocycles. The van der Waals surface area contributed by atoms with Gasteiger partial charge in [0.25, 0.3) is 0 Å². The summed E-state index contributed by atoms with van der Waals surface area (Å²) in [7, 11) is 0. The molecule has 0 aromatic heterocycles. The molecule has 0 radical (unpaired) electrons. The fraction of sp³-hybridized carbons (Fsp3) is 0.143. The topological polar surface area (TPSA) is 38.0 Å². The summed E-state index contributed by atoms with van der Waals surface area (Å²) in [6.07, 6.45) is 0.595. The Morgan fingerprint density at radius 1 is 0.947 bits per heavy atom. The zero-order valence-electron chi connectivity index (χ0n) is 10.1. The summed E-state index contributed by atoms with van der Waals surface area (Å²) < 4.78 is 38.9. The summed E-state index contributed by atoms with van der Waals surface area (Å²) in [5.41, 5.74) is 6.53. The van der Waals surface area contributed by atoms with Crippen LogP contribution in [-0.4, -0.2) is 6.54 Å². The maximum Gasteiger partial charge on any atom is 0.151 e. The average molecular weight is 266 g/mol. The molecule has 0 fully saturated rings. The normalized spacial score (nSPS) is 10.5. The lowest BCUT2D eigenvalue weighted by Gasteiger charge is -2.10. The number of hydrogen-bond acceptors (Lipinski definition) is 2. The van der Waals surface area contributed by atoms with Crippen LogP contribution in [0.4, 0.5) is 24.5 Å². The molecule has 0 bridgehead atoms. The van der Waals surface area contributed by atoms with Crippen molar-refractivity contribution in [3.63, 3.8) is 0 Å². The molecular weight excluding hydrogens is 253 g/mol. The molecule has 2 rings (SSSR count). The Hall–Kier alpha value is -2.17.